The summed E-state index contributed by atoms with van der Waals surface area (Å²) in [5, 5.41) is 8.71. The Bertz CT molecular complexity index is 448. The van der Waals surface area contributed by atoms with Crippen molar-refractivity contribution in [3.63, 3.8) is 0 Å². The van der Waals surface area contributed by atoms with E-state index in [0.717, 1.165) is 0 Å². The van der Waals surface area contributed by atoms with Crippen LogP contribution in [0.25, 0.3) is 0 Å². The van der Waals surface area contributed by atoms with Gasteiger partial charge in [-0.3, -0.25) is 4.79 Å². The second kappa shape index (κ2) is 4.55. The molecule has 0 aromatic carbocycles. The lowest BCUT2D eigenvalue weighted by atomic mass is 10.2. The lowest BCUT2D eigenvalue weighted by Crippen LogP contribution is -2.23. The number of aryl methyl sites for hydroxylation is 1. The Morgan fingerprint density at radius 1 is 1.40 bits per heavy atom. The van der Waals surface area contributed by atoms with Crippen LogP contribution in [-0.2, 0) is 6.54 Å². The quantitative estimate of drug-likeness (QED) is 0.892. The van der Waals surface area contributed by atoms with Gasteiger partial charge in [-0.1, -0.05) is 0 Å². The number of carbonyl (C=O) groups is 1. The van der Waals surface area contributed by atoms with Crippen molar-refractivity contribution in [2.75, 3.05) is 0 Å². The van der Waals surface area contributed by atoms with E-state index in [9.17, 15) is 4.79 Å². The summed E-state index contributed by atoms with van der Waals surface area (Å²) in [5.74, 6) is -0.109. The molecule has 0 fully saturated rings. The number of nitrogens with zero attached hydrogens (tertiary/aromatic N) is 1. The van der Waals surface area contributed by atoms with E-state index in [1.165, 1.54) is 22.5 Å². The first-order chi connectivity index (χ1) is 7.27. The van der Waals surface area contributed by atoms with Crippen LogP contribution in [0.5, 0.6) is 0 Å². The molecule has 3 nitrogen and oxygen atoms in total. The summed E-state index contributed by atoms with van der Waals surface area (Å²) in [6.07, 6.45) is 0. The number of amides is 1. The van der Waals surface area contributed by atoms with Gasteiger partial charge in [-0.05, 0) is 28.8 Å². The van der Waals surface area contributed by atoms with Gasteiger partial charge < -0.3 is 5.32 Å². The molecule has 0 radical (unpaired) electrons. The number of thiazole rings is 1. The molecule has 0 aliphatic carbocycles. The van der Waals surface area contributed by atoms with Gasteiger partial charge in [0.25, 0.3) is 5.91 Å². The van der Waals surface area contributed by atoms with Crippen molar-refractivity contribution in [1.82, 2.24) is 10.3 Å². The van der Waals surface area contributed by atoms with Gasteiger partial charge in [0.2, 0.25) is 0 Å². The van der Waals surface area contributed by atoms with Gasteiger partial charge in [0.15, 0.2) is 0 Å². The van der Waals surface area contributed by atoms with Crippen LogP contribution in [0.1, 0.15) is 21.6 Å². The number of nitrogens with one attached hydrogen (secondary N) is 1. The van der Waals surface area contributed by atoms with Crippen molar-refractivity contribution in [3.8, 4) is 0 Å². The Hall–Kier alpha value is -1.20. The highest BCUT2D eigenvalue weighted by Crippen LogP contribution is 2.13. The summed E-state index contributed by atoms with van der Waals surface area (Å²) in [6.45, 7) is 2.62. The largest absolute Gasteiger partial charge is 0.347 e. The maximum atomic E-state index is 11.5. The van der Waals surface area contributed by atoms with E-state index in [2.05, 4.69) is 21.1 Å². The Kier molecular flexibility index (Phi) is 3.13. The lowest BCUT2D eigenvalue weighted by Gasteiger charge is -2.02. The predicted octanol–water partition coefficient (Wildman–Crippen LogP) is 2.44. The Morgan fingerprint density at radius 2 is 2.27 bits per heavy atom. The topological polar surface area (TPSA) is 42.0 Å². The van der Waals surface area contributed by atoms with E-state index in [1.54, 1.807) is 22.2 Å². The van der Waals surface area contributed by atoms with E-state index in [4.69, 9.17) is 0 Å². The third kappa shape index (κ3) is 2.43. The molecule has 0 unspecified atom stereocenters. The molecule has 0 atom stereocenters. The minimum absolute atomic E-state index is 0.109. The second-order valence-corrected chi connectivity index (χ2v) is 4.60. The van der Waals surface area contributed by atoms with E-state index in [0.29, 0.717) is 12.2 Å². The lowest BCUT2D eigenvalue weighted by molar-refractivity contribution is 0.0946. The maximum absolute atomic E-state index is 11.5. The van der Waals surface area contributed by atoms with E-state index in [-0.39, 0.29) is 5.91 Å². The molecule has 0 saturated heterocycles. The molecule has 78 valence electrons. The normalized spacial score (nSPS) is 10.2. The van der Waals surface area contributed by atoms with Gasteiger partial charge in [0, 0.05) is 11.9 Å². The fourth-order valence-electron chi connectivity index (χ4n) is 1.16. The van der Waals surface area contributed by atoms with Crippen molar-refractivity contribution < 1.29 is 4.79 Å². The number of aromatic nitrogens is 1. The van der Waals surface area contributed by atoms with Crippen molar-refractivity contribution in [2.45, 2.75) is 13.5 Å². The van der Waals surface area contributed by atoms with Crippen LogP contribution in [0.3, 0.4) is 0 Å². The van der Waals surface area contributed by atoms with Crippen LogP contribution in [0.4, 0.5) is 0 Å². The van der Waals surface area contributed by atoms with Crippen LogP contribution in [0.15, 0.2) is 21.7 Å². The Balaban J connectivity index is 1.95. The first-order valence-electron chi connectivity index (χ1n) is 4.45. The number of carbonyl (C=O) groups excluding carboxylic acids is 1. The Labute approximate surface area is 95.8 Å². The van der Waals surface area contributed by atoms with Crippen LogP contribution in [-0.4, -0.2) is 10.9 Å². The molecule has 2 rings (SSSR count). The highest BCUT2D eigenvalue weighted by molar-refractivity contribution is 7.08. The van der Waals surface area contributed by atoms with Gasteiger partial charge in [-0.15, -0.1) is 11.3 Å². The van der Waals surface area contributed by atoms with Crippen LogP contribution >= 0.6 is 22.7 Å². The minimum atomic E-state index is -0.109. The zero-order valence-corrected chi connectivity index (χ0v) is 9.82. The Morgan fingerprint density at radius 3 is 2.87 bits per heavy atom. The first-order valence-corrected chi connectivity index (χ1v) is 6.34. The molecule has 1 amide bonds. The third-order valence-electron chi connectivity index (χ3n) is 2.07. The van der Waals surface area contributed by atoms with Gasteiger partial charge in [-0.2, -0.15) is 11.3 Å². The summed E-state index contributed by atoms with van der Waals surface area (Å²) in [6, 6.07) is 0. The molecule has 0 aliphatic rings. The van der Waals surface area contributed by atoms with Crippen LogP contribution in [0.2, 0.25) is 0 Å². The molecule has 1 N–H and O–H groups in total. The molecule has 15 heavy (non-hydrogen) atoms. The summed E-state index contributed by atoms with van der Waals surface area (Å²) in [4.78, 5) is 15.5. The van der Waals surface area contributed by atoms with Crippen molar-refractivity contribution >= 4 is 28.6 Å². The maximum Gasteiger partial charge on any atom is 0.271 e. The van der Waals surface area contributed by atoms with Crippen LogP contribution in [0, 0.1) is 6.92 Å². The highest BCUT2D eigenvalue weighted by Gasteiger charge is 2.07. The monoisotopic (exact) mass is 238 g/mol. The molecule has 0 spiro atoms. The van der Waals surface area contributed by atoms with Gasteiger partial charge in [0.05, 0.1) is 5.51 Å². The first kappa shape index (κ1) is 10.3. The molecule has 5 heteroatoms. The fraction of sp³-hybridized carbons (Fsp3) is 0.200. The molecule has 2 aromatic rings. The fourth-order valence-corrected chi connectivity index (χ4v) is 2.55. The third-order valence-corrected chi connectivity index (χ3v) is 3.56. The molecular weight excluding hydrogens is 228 g/mol. The van der Waals surface area contributed by atoms with Gasteiger partial charge in [-0.25, -0.2) is 4.98 Å². The molecule has 2 aromatic heterocycles. The van der Waals surface area contributed by atoms with E-state index >= 15 is 0 Å². The van der Waals surface area contributed by atoms with Crippen molar-refractivity contribution in [2.24, 2.45) is 0 Å². The van der Waals surface area contributed by atoms with Crippen molar-refractivity contribution in [3.05, 3.63) is 38.5 Å². The average molecular weight is 238 g/mol. The molecule has 0 saturated carbocycles. The standard InChI is InChI=1S/C10H10N2OS2/c1-7-3-14-4-8(7)2-11-10(13)9-5-15-6-12-9/h3-6H,2H2,1H3,(H,11,13). The smallest absolute Gasteiger partial charge is 0.271 e. The zero-order chi connectivity index (χ0) is 10.7. The average Bonchev–Trinajstić information content (AvgIpc) is 2.85. The summed E-state index contributed by atoms with van der Waals surface area (Å²) >= 11 is 3.08. The number of rotatable bonds is 3. The minimum Gasteiger partial charge on any atom is -0.347 e. The second-order valence-electron chi connectivity index (χ2n) is 3.14. The number of hydrogen-bond donors (Lipinski definition) is 1. The van der Waals surface area contributed by atoms with Crippen LogP contribution < -0.4 is 5.32 Å². The van der Waals surface area contributed by atoms with Gasteiger partial charge in [0.1, 0.15) is 5.69 Å². The molecule has 0 aliphatic heterocycles. The van der Waals surface area contributed by atoms with E-state index < -0.39 is 0 Å². The highest BCUT2D eigenvalue weighted by atomic mass is 32.1. The summed E-state index contributed by atoms with van der Waals surface area (Å²) in [7, 11) is 0. The molecule has 0 bridgehead atoms. The molecule has 2 heterocycles. The zero-order valence-electron chi connectivity index (χ0n) is 8.19. The van der Waals surface area contributed by atoms with Crippen molar-refractivity contribution in [1.29, 1.82) is 0 Å². The van der Waals surface area contributed by atoms with E-state index in [1.807, 2.05) is 6.92 Å². The van der Waals surface area contributed by atoms with Gasteiger partial charge >= 0.3 is 0 Å². The summed E-state index contributed by atoms with van der Waals surface area (Å²) in [5.41, 5.74) is 4.54. The number of thiophene rings is 1. The predicted molar refractivity (Wildman–Crippen MR) is 62.3 cm³/mol. The summed E-state index contributed by atoms with van der Waals surface area (Å²) < 4.78 is 0. The molecular formula is C10H10N2OS2. The number of hydrogen-bond acceptors (Lipinski definition) is 4. The SMILES string of the molecule is Cc1cscc1CNC(=O)c1cscn1.